The summed E-state index contributed by atoms with van der Waals surface area (Å²) < 4.78 is -0.0859. The summed E-state index contributed by atoms with van der Waals surface area (Å²) in [6.45, 7) is 2.18. The minimum Gasteiger partial charge on any atom is -0.298 e. The van der Waals surface area contributed by atoms with E-state index in [1.807, 2.05) is 18.2 Å². The largest absolute Gasteiger partial charge is 0.298 e. The highest BCUT2D eigenvalue weighted by molar-refractivity contribution is 8.01. The molecule has 1 atom stereocenters. The van der Waals surface area contributed by atoms with Crippen LogP contribution in [-0.4, -0.2) is 10.5 Å². The SMILES string of the molecule is CCCCC1(Sc2ccccc2)CCC1=O. The van der Waals surface area contributed by atoms with Crippen molar-refractivity contribution in [2.75, 3.05) is 0 Å². The van der Waals surface area contributed by atoms with Crippen LogP contribution in [0, 0.1) is 0 Å². The average molecular weight is 234 g/mol. The molecular formula is C14H18OS. The number of hydrogen-bond donors (Lipinski definition) is 0. The van der Waals surface area contributed by atoms with Gasteiger partial charge in [0.25, 0.3) is 0 Å². The average Bonchev–Trinajstić information content (AvgIpc) is 2.34. The summed E-state index contributed by atoms with van der Waals surface area (Å²) >= 11 is 1.78. The molecule has 1 aromatic rings. The van der Waals surface area contributed by atoms with Crippen LogP contribution in [0.15, 0.2) is 35.2 Å². The first-order valence-corrected chi connectivity index (χ1v) is 6.86. The lowest BCUT2D eigenvalue weighted by atomic mass is 9.79. The van der Waals surface area contributed by atoms with Crippen LogP contribution in [-0.2, 0) is 4.79 Å². The van der Waals surface area contributed by atoms with E-state index in [9.17, 15) is 4.79 Å². The molecule has 0 amide bonds. The Morgan fingerprint density at radius 3 is 2.56 bits per heavy atom. The molecule has 1 aromatic carbocycles. The minimum atomic E-state index is -0.0859. The maximum Gasteiger partial charge on any atom is 0.149 e. The van der Waals surface area contributed by atoms with Crippen LogP contribution in [0.4, 0.5) is 0 Å². The normalized spacial score (nSPS) is 24.2. The molecule has 0 N–H and O–H groups in total. The Bertz CT molecular complexity index is 360. The molecule has 1 fully saturated rings. The molecule has 0 bridgehead atoms. The van der Waals surface area contributed by atoms with Crippen molar-refractivity contribution in [2.24, 2.45) is 0 Å². The van der Waals surface area contributed by atoms with Gasteiger partial charge in [0, 0.05) is 11.3 Å². The Morgan fingerprint density at radius 1 is 1.31 bits per heavy atom. The van der Waals surface area contributed by atoms with Gasteiger partial charge in [0.05, 0.1) is 4.75 Å². The maximum absolute atomic E-state index is 11.8. The summed E-state index contributed by atoms with van der Waals surface area (Å²) in [5.41, 5.74) is 0. The van der Waals surface area contributed by atoms with Gasteiger partial charge in [-0.3, -0.25) is 4.79 Å². The van der Waals surface area contributed by atoms with Gasteiger partial charge in [-0.25, -0.2) is 0 Å². The number of carbonyl (C=O) groups is 1. The van der Waals surface area contributed by atoms with Crippen LogP contribution in [0.2, 0.25) is 0 Å². The highest BCUT2D eigenvalue weighted by Crippen LogP contribution is 2.48. The Balaban J connectivity index is 2.06. The molecule has 16 heavy (non-hydrogen) atoms. The summed E-state index contributed by atoms with van der Waals surface area (Å²) in [5.74, 6) is 0.454. The van der Waals surface area contributed by atoms with E-state index < -0.39 is 0 Å². The van der Waals surface area contributed by atoms with E-state index in [0.29, 0.717) is 5.78 Å². The molecule has 0 aromatic heterocycles. The van der Waals surface area contributed by atoms with Gasteiger partial charge in [-0.1, -0.05) is 38.0 Å². The summed E-state index contributed by atoms with van der Waals surface area (Å²) in [6.07, 6.45) is 5.22. The minimum absolute atomic E-state index is 0.0859. The lowest BCUT2D eigenvalue weighted by molar-refractivity contribution is -0.127. The highest BCUT2D eigenvalue weighted by Gasteiger charge is 2.45. The third-order valence-electron chi connectivity index (χ3n) is 3.25. The Morgan fingerprint density at radius 2 is 2.06 bits per heavy atom. The van der Waals surface area contributed by atoms with E-state index in [2.05, 4.69) is 19.1 Å². The molecule has 1 aliphatic rings. The first kappa shape index (κ1) is 11.7. The predicted molar refractivity (Wildman–Crippen MR) is 68.8 cm³/mol. The lowest BCUT2D eigenvalue weighted by Crippen LogP contribution is -2.44. The van der Waals surface area contributed by atoms with Crippen LogP contribution >= 0.6 is 11.8 Å². The standard InChI is InChI=1S/C14H18OS/c1-2-3-10-14(11-9-13(14)15)16-12-7-5-4-6-8-12/h4-8H,2-3,9-11H2,1H3. The van der Waals surface area contributed by atoms with Crippen molar-refractivity contribution >= 4 is 17.5 Å². The molecule has 0 aliphatic heterocycles. The van der Waals surface area contributed by atoms with Crippen molar-refractivity contribution in [3.05, 3.63) is 30.3 Å². The number of unbranched alkanes of at least 4 members (excludes halogenated alkanes) is 1. The summed E-state index contributed by atoms with van der Waals surface area (Å²) in [7, 11) is 0. The van der Waals surface area contributed by atoms with E-state index in [0.717, 1.165) is 25.7 Å². The number of rotatable bonds is 5. The molecule has 0 radical (unpaired) electrons. The fourth-order valence-electron chi connectivity index (χ4n) is 2.11. The molecule has 1 unspecified atom stereocenters. The van der Waals surface area contributed by atoms with Crippen LogP contribution in [0.25, 0.3) is 0 Å². The van der Waals surface area contributed by atoms with Crippen molar-refractivity contribution in [1.82, 2.24) is 0 Å². The van der Waals surface area contributed by atoms with Gasteiger partial charge in [-0.15, -0.1) is 11.8 Å². The monoisotopic (exact) mass is 234 g/mol. The smallest absolute Gasteiger partial charge is 0.149 e. The number of hydrogen-bond acceptors (Lipinski definition) is 2. The van der Waals surface area contributed by atoms with Gasteiger partial charge in [-0.2, -0.15) is 0 Å². The van der Waals surface area contributed by atoms with Crippen LogP contribution in [0.3, 0.4) is 0 Å². The summed E-state index contributed by atoms with van der Waals surface area (Å²) in [5, 5.41) is 0. The third kappa shape index (κ3) is 2.32. The maximum atomic E-state index is 11.8. The van der Waals surface area contributed by atoms with Gasteiger partial charge in [-0.05, 0) is 25.0 Å². The highest BCUT2D eigenvalue weighted by atomic mass is 32.2. The second-order valence-electron chi connectivity index (χ2n) is 4.44. The van der Waals surface area contributed by atoms with Gasteiger partial charge in [0.2, 0.25) is 0 Å². The number of carbonyl (C=O) groups excluding carboxylic acids is 1. The number of benzene rings is 1. The Hall–Kier alpha value is -0.760. The Labute approximate surface area is 102 Å². The molecular weight excluding hydrogens is 216 g/mol. The quantitative estimate of drug-likeness (QED) is 0.764. The van der Waals surface area contributed by atoms with E-state index in [1.165, 1.54) is 11.3 Å². The summed E-state index contributed by atoms with van der Waals surface area (Å²) in [6, 6.07) is 10.3. The van der Waals surface area contributed by atoms with Gasteiger partial charge in [0.1, 0.15) is 5.78 Å². The zero-order valence-corrected chi connectivity index (χ0v) is 10.6. The molecule has 0 saturated heterocycles. The molecule has 0 heterocycles. The van der Waals surface area contributed by atoms with E-state index in [-0.39, 0.29) is 4.75 Å². The zero-order valence-electron chi connectivity index (χ0n) is 9.74. The van der Waals surface area contributed by atoms with Crippen molar-refractivity contribution in [3.63, 3.8) is 0 Å². The topological polar surface area (TPSA) is 17.1 Å². The number of Topliss-reactive ketones (excluding diaryl/α,β-unsaturated/α-hetero) is 1. The van der Waals surface area contributed by atoms with Crippen LogP contribution in [0.1, 0.15) is 39.0 Å². The second kappa shape index (κ2) is 5.05. The predicted octanol–water partition coefficient (Wildman–Crippen LogP) is 4.07. The zero-order chi connectivity index (χ0) is 11.4. The number of ketones is 1. The molecule has 2 rings (SSSR count). The van der Waals surface area contributed by atoms with Crippen molar-refractivity contribution in [1.29, 1.82) is 0 Å². The molecule has 86 valence electrons. The van der Waals surface area contributed by atoms with Crippen molar-refractivity contribution in [3.8, 4) is 0 Å². The molecule has 0 spiro atoms. The van der Waals surface area contributed by atoms with Gasteiger partial charge < -0.3 is 0 Å². The van der Waals surface area contributed by atoms with Crippen LogP contribution in [0.5, 0.6) is 0 Å². The van der Waals surface area contributed by atoms with E-state index in [1.54, 1.807) is 11.8 Å². The van der Waals surface area contributed by atoms with E-state index >= 15 is 0 Å². The Kier molecular flexibility index (Phi) is 3.70. The first-order valence-electron chi connectivity index (χ1n) is 6.04. The lowest BCUT2D eigenvalue weighted by Gasteiger charge is -2.39. The van der Waals surface area contributed by atoms with Crippen molar-refractivity contribution < 1.29 is 4.79 Å². The van der Waals surface area contributed by atoms with Crippen molar-refractivity contribution in [2.45, 2.75) is 48.7 Å². The first-order chi connectivity index (χ1) is 7.77. The third-order valence-corrected chi connectivity index (χ3v) is 4.79. The fraction of sp³-hybridized carbons (Fsp3) is 0.500. The molecule has 2 heteroatoms. The molecule has 1 nitrogen and oxygen atoms in total. The molecule has 1 saturated carbocycles. The fourth-order valence-corrected chi connectivity index (χ4v) is 3.52. The van der Waals surface area contributed by atoms with Crippen LogP contribution < -0.4 is 0 Å². The van der Waals surface area contributed by atoms with Gasteiger partial charge in [0.15, 0.2) is 0 Å². The summed E-state index contributed by atoms with van der Waals surface area (Å²) in [4.78, 5) is 13.1. The molecule has 1 aliphatic carbocycles. The second-order valence-corrected chi connectivity index (χ2v) is 5.89. The van der Waals surface area contributed by atoms with Gasteiger partial charge >= 0.3 is 0 Å². The number of thioether (sulfide) groups is 1. The van der Waals surface area contributed by atoms with E-state index in [4.69, 9.17) is 0 Å².